The van der Waals surface area contributed by atoms with Crippen LogP contribution in [0.4, 0.5) is 0 Å². The summed E-state index contributed by atoms with van der Waals surface area (Å²) in [6, 6.07) is 10.2. The summed E-state index contributed by atoms with van der Waals surface area (Å²) in [5, 5.41) is 11.6. The molecule has 1 aromatic heterocycles. The Hall–Kier alpha value is -3.54. The van der Waals surface area contributed by atoms with E-state index >= 15 is 0 Å². The molecule has 0 aliphatic carbocycles. The summed E-state index contributed by atoms with van der Waals surface area (Å²) < 4.78 is 5.02. The Morgan fingerprint density at radius 1 is 1.13 bits per heavy atom. The van der Waals surface area contributed by atoms with E-state index in [9.17, 15) is 19.5 Å². The fourth-order valence-electron chi connectivity index (χ4n) is 2.83. The van der Waals surface area contributed by atoms with Gasteiger partial charge in [-0.25, -0.2) is 0 Å². The zero-order valence-corrected chi connectivity index (χ0v) is 17.9. The summed E-state index contributed by atoms with van der Waals surface area (Å²) in [7, 11) is 4.31. The van der Waals surface area contributed by atoms with E-state index in [0.29, 0.717) is 12.2 Å². The van der Waals surface area contributed by atoms with Crippen LogP contribution in [0.25, 0.3) is 0 Å². The first kappa shape index (κ1) is 23.7. The Balaban J connectivity index is 2.20. The third-order valence-corrected chi connectivity index (χ3v) is 4.93. The van der Waals surface area contributed by atoms with Gasteiger partial charge in [0.2, 0.25) is 0 Å². The number of benzene rings is 1. The van der Waals surface area contributed by atoms with Crippen molar-refractivity contribution < 1.29 is 24.2 Å². The van der Waals surface area contributed by atoms with Crippen LogP contribution in [-0.2, 0) is 20.9 Å². The fraction of sp³-hybridized carbons (Fsp3) is 0.304. The number of carbonyl (C=O) groups is 3. The van der Waals surface area contributed by atoms with Crippen molar-refractivity contribution in [3.63, 3.8) is 0 Å². The minimum Gasteiger partial charge on any atom is -0.388 e. The maximum absolute atomic E-state index is 12.9. The highest BCUT2D eigenvalue weighted by Gasteiger charge is 2.46. The highest BCUT2D eigenvalue weighted by Crippen LogP contribution is 2.19. The first-order valence-corrected chi connectivity index (χ1v) is 9.48. The van der Waals surface area contributed by atoms with Gasteiger partial charge in [-0.3, -0.25) is 19.4 Å². The number of carbonyl (C=O) groups excluding carboxylic acids is 3. The van der Waals surface area contributed by atoms with Crippen LogP contribution in [-0.4, -0.2) is 65.9 Å². The lowest BCUT2D eigenvalue weighted by Crippen LogP contribution is -2.62. The minimum absolute atomic E-state index is 0.277. The third kappa shape index (κ3) is 5.34. The molecule has 0 radical (unpaired) electrons. The first-order valence-electron chi connectivity index (χ1n) is 9.48. The summed E-state index contributed by atoms with van der Waals surface area (Å²) in [6.45, 7) is 0.867. The molecule has 2 amide bonds. The van der Waals surface area contributed by atoms with E-state index in [1.54, 1.807) is 37.6 Å². The van der Waals surface area contributed by atoms with E-state index in [1.165, 1.54) is 21.0 Å². The van der Waals surface area contributed by atoms with E-state index in [4.69, 9.17) is 4.74 Å². The highest BCUT2D eigenvalue weighted by molar-refractivity contribution is 6.14. The van der Waals surface area contributed by atoms with Gasteiger partial charge < -0.3 is 20.1 Å². The lowest BCUT2D eigenvalue weighted by atomic mass is 9.92. The quantitative estimate of drug-likeness (QED) is 0.503. The van der Waals surface area contributed by atoms with Crippen molar-refractivity contribution >= 4 is 17.6 Å². The molecular weight excluding hydrogens is 398 g/mol. The molecule has 2 rings (SSSR count). The molecule has 0 fully saturated rings. The number of methoxy groups -OCH3 is 1. The van der Waals surface area contributed by atoms with Gasteiger partial charge in [-0.15, -0.1) is 0 Å². The van der Waals surface area contributed by atoms with Crippen molar-refractivity contribution in [3.8, 4) is 11.8 Å². The molecule has 31 heavy (non-hydrogen) atoms. The second-order valence-electron chi connectivity index (χ2n) is 6.90. The average Bonchev–Trinajstić information content (AvgIpc) is 2.81. The number of nitrogens with zero attached hydrogens (tertiary/aromatic N) is 2. The average molecular weight is 423 g/mol. The third-order valence-electron chi connectivity index (χ3n) is 4.93. The Kier molecular flexibility index (Phi) is 8.02. The number of rotatable bonds is 7. The zero-order chi connectivity index (χ0) is 23.0. The van der Waals surface area contributed by atoms with E-state index in [1.807, 2.05) is 12.1 Å². The van der Waals surface area contributed by atoms with Gasteiger partial charge in [0.15, 0.2) is 11.3 Å². The Labute approximate surface area is 181 Å². The number of aromatic nitrogens is 1. The number of hydrogen-bond donors (Lipinski definition) is 2. The van der Waals surface area contributed by atoms with Gasteiger partial charge in [-0.2, -0.15) is 0 Å². The number of nitrogens with one attached hydrogen (secondary N) is 1. The molecule has 0 aliphatic rings. The monoisotopic (exact) mass is 423 g/mol. The molecule has 1 aromatic carbocycles. The zero-order valence-electron chi connectivity index (χ0n) is 17.9. The molecule has 2 aromatic rings. The molecule has 0 spiro atoms. The number of likely N-dealkylation sites (N-methyl/N-ethyl adjacent to an activating group) is 2. The number of ether oxygens (including phenoxy) is 1. The van der Waals surface area contributed by atoms with Crippen molar-refractivity contribution in [3.05, 3.63) is 65.0 Å². The molecule has 0 saturated carbocycles. The summed E-state index contributed by atoms with van der Waals surface area (Å²) >= 11 is 0. The van der Waals surface area contributed by atoms with Gasteiger partial charge >= 0.3 is 0 Å². The number of Topliss-reactive ketones (excluding diaryl/α,β-unsaturated/α-hetero) is 1. The van der Waals surface area contributed by atoms with E-state index in [0.717, 1.165) is 16.2 Å². The van der Waals surface area contributed by atoms with Gasteiger partial charge in [0.1, 0.15) is 6.61 Å². The lowest BCUT2D eigenvalue weighted by Gasteiger charge is -2.35. The van der Waals surface area contributed by atoms with Gasteiger partial charge in [-0.1, -0.05) is 11.8 Å². The predicted octanol–water partition coefficient (Wildman–Crippen LogP) is 0.766. The predicted molar refractivity (Wildman–Crippen MR) is 114 cm³/mol. The number of aliphatic hydroxyl groups is 1. The SMILES string of the molecule is CNC(=O)[C@@](C)(C(=O)CO)N(C)C(=O)c1ccc(C#Cc2ccc(COC)nc2)cc1. The van der Waals surface area contributed by atoms with E-state index in [-0.39, 0.29) is 5.56 Å². The molecule has 0 unspecified atom stereocenters. The minimum atomic E-state index is -1.83. The number of hydrogen-bond acceptors (Lipinski definition) is 6. The molecule has 1 heterocycles. The second-order valence-corrected chi connectivity index (χ2v) is 6.90. The van der Waals surface area contributed by atoms with Gasteiger partial charge in [0.05, 0.1) is 12.3 Å². The molecule has 8 heteroatoms. The van der Waals surface area contributed by atoms with Gasteiger partial charge in [-0.05, 0) is 43.3 Å². The van der Waals surface area contributed by atoms with Gasteiger partial charge in [0.25, 0.3) is 11.8 Å². The van der Waals surface area contributed by atoms with Crippen molar-refractivity contribution in [2.45, 2.75) is 19.1 Å². The van der Waals surface area contributed by atoms with E-state index in [2.05, 4.69) is 22.1 Å². The summed E-state index contributed by atoms with van der Waals surface area (Å²) in [5.41, 5.74) is 0.674. The Morgan fingerprint density at radius 3 is 2.26 bits per heavy atom. The van der Waals surface area contributed by atoms with Crippen molar-refractivity contribution in [1.29, 1.82) is 0 Å². The van der Waals surface area contributed by atoms with Crippen LogP contribution in [0.3, 0.4) is 0 Å². The molecule has 8 nitrogen and oxygen atoms in total. The largest absolute Gasteiger partial charge is 0.388 e. The van der Waals surface area contributed by atoms with Crippen LogP contribution in [0.2, 0.25) is 0 Å². The Morgan fingerprint density at radius 2 is 1.74 bits per heavy atom. The highest BCUT2D eigenvalue weighted by atomic mass is 16.5. The smallest absolute Gasteiger partial charge is 0.254 e. The van der Waals surface area contributed by atoms with Gasteiger partial charge in [0, 0.05) is 44.1 Å². The standard InChI is InChI=1S/C23H25N3O5/c1-23(20(28)14-27,22(30)24-2)26(3)21(29)18-10-7-16(8-11-18)5-6-17-9-12-19(15-31-4)25-13-17/h7-13,27H,14-15H2,1-4H3,(H,24,30)/t23-/m1/s1. The second kappa shape index (κ2) is 10.5. The normalized spacial score (nSPS) is 12.2. The van der Waals surface area contributed by atoms with E-state index < -0.39 is 29.7 Å². The first-order chi connectivity index (χ1) is 14.8. The lowest BCUT2D eigenvalue weighted by molar-refractivity contribution is -0.143. The number of amides is 2. The van der Waals surface area contributed by atoms with Crippen molar-refractivity contribution in [1.82, 2.24) is 15.2 Å². The van der Waals surface area contributed by atoms with Crippen LogP contribution < -0.4 is 5.32 Å². The number of ketones is 1. The van der Waals surface area contributed by atoms with Crippen LogP contribution in [0.1, 0.15) is 34.1 Å². The van der Waals surface area contributed by atoms with Crippen LogP contribution in [0.15, 0.2) is 42.6 Å². The summed E-state index contributed by atoms with van der Waals surface area (Å²) in [4.78, 5) is 42.6. The molecule has 162 valence electrons. The summed E-state index contributed by atoms with van der Waals surface area (Å²) in [5.74, 6) is 3.99. The fourth-order valence-corrected chi connectivity index (χ4v) is 2.83. The summed E-state index contributed by atoms with van der Waals surface area (Å²) in [6.07, 6.45) is 1.66. The van der Waals surface area contributed by atoms with Crippen LogP contribution >= 0.6 is 0 Å². The van der Waals surface area contributed by atoms with Crippen LogP contribution in [0, 0.1) is 11.8 Å². The Bertz CT molecular complexity index is 988. The van der Waals surface area contributed by atoms with Crippen LogP contribution in [0.5, 0.6) is 0 Å². The molecule has 0 bridgehead atoms. The van der Waals surface area contributed by atoms with Crippen molar-refractivity contribution in [2.75, 3.05) is 27.8 Å². The molecular formula is C23H25N3O5. The molecule has 0 saturated heterocycles. The topological polar surface area (TPSA) is 109 Å². The maximum Gasteiger partial charge on any atom is 0.254 e. The molecule has 1 atom stereocenters. The molecule has 2 N–H and O–H groups in total. The maximum atomic E-state index is 12.9. The molecule has 0 aliphatic heterocycles. The van der Waals surface area contributed by atoms with Crippen molar-refractivity contribution in [2.24, 2.45) is 0 Å². The number of aliphatic hydroxyl groups excluding tert-OH is 1. The number of pyridine rings is 1.